The van der Waals surface area contributed by atoms with Crippen LogP contribution < -0.4 is 0 Å². The van der Waals surface area contributed by atoms with Gasteiger partial charge >= 0.3 is 0 Å². The lowest BCUT2D eigenvalue weighted by Gasteiger charge is -2.45. The van der Waals surface area contributed by atoms with Crippen LogP contribution in [0.1, 0.15) is 59.8 Å². The topological polar surface area (TPSA) is 37.3 Å². The summed E-state index contributed by atoms with van der Waals surface area (Å²) < 4.78 is 0. The summed E-state index contributed by atoms with van der Waals surface area (Å²) in [6, 6.07) is 0. The number of aliphatic hydroxyl groups is 1. The summed E-state index contributed by atoms with van der Waals surface area (Å²) in [6.07, 6.45) is 5.25. The fourth-order valence-corrected chi connectivity index (χ4v) is 5.64. The largest absolute Gasteiger partial charge is 0.382 e. The van der Waals surface area contributed by atoms with Crippen molar-refractivity contribution in [1.29, 1.82) is 0 Å². The van der Waals surface area contributed by atoms with Crippen LogP contribution in [-0.2, 0) is 4.79 Å². The second-order valence-electron chi connectivity index (χ2n) is 7.67. The van der Waals surface area contributed by atoms with Crippen LogP contribution in [0.3, 0.4) is 0 Å². The van der Waals surface area contributed by atoms with Crippen molar-refractivity contribution >= 4 is 5.78 Å². The SMILES string of the molecule is C[C@@]12CC(=O)[C@@](C)(O)[C@@H](C1)[C@]1(C)CCC[C@]21C. The van der Waals surface area contributed by atoms with E-state index in [9.17, 15) is 9.90 Å². The molecule has 2 bridgehead atoms. The number of carbonyl (C=O) groups excluding carboxylic acids is 1. The van der Waals surface area contributed by atoms with Crippen molar-refractivity contribution in [3.05, 3.63) is 0 Å². The maximum atomic E-state index is 12.2. The van der Waals surface area contributed by atoms with Crippen LogP contribution in [0.5, 0.6) is 0 Å². The van der Waals surface area contributed by atoms with Gasteiger partial charge in [0, 0.05) is 12.3 Å². The summed E-state index contributed by atoms with van der Waals surface area (Å²) in [5.74, 6) is 0.238. The average Bonchev–Trinajstić information content (AvgIpc) is 2.58. The Labute approximate surface area is 104 Å². The van der Waals surface area contributed by atoms with Crippen LogP contribution in [-0.4, -0.2) is 16.5 Å². The number of fused-ring (bicyclic) bond motifs is 5. The van der Waals surface area contributed by atoms with Gasteiger partial charge in [0.1, 0.15) is 5.60 Å². The van der Waals surface area contributed by atoms with Crippen LogP contribution in [0.15, 0.2) is 0 Å². The Morgan fingerprint density at radius 1 is 1.18 bits per heavy atom. The van der Waals surface area contributed by atoms with Gasteiger partial charge in [0.25, 0.3) is 0 Å². The first kappa shape index (κ1) is 11.7. The van der Waals surface area contributed by atoms with E-state index >= 15 is 0 Å². The predicted octanol–water partition coefficient (Wildman–Crippen LogP) is 2.93. The second kappa shape index (κ2) is 2.79. The van der Waals surface area contributed by atoms with Gasteiger partial charge in [-0.15, -0.1) is 0 Å². The van der Waals surface area contributed by atoms with E-state index in [1.54, 1.807) is 6.92 Å². The summed E-state index contributed by atoms with van der Waals surface area (Å²) >= 11 is 0. The molecule has 0 aromatic rings. The molecule has 96 valence electrons. The summed E-state index contributed by atoms with van der Waals surface area (Å²) in [7, 11) is 0. The highest BCUT2D eigenvalue weighted by atomic mass is 16.3. The molecule has 3 aliphatic rings. The van der Waals surface area contributed by atoms with Gasteiger partial charge in [0.05, 0.1) is 0 Å². The van der Waals surface area contributed by atoms with Crippen LogP contribution in [0, 0.1) is 22.2 Å². The Hall–Kier alpha value is -0.370. The monoisotopic (exact) mass is 236 g/mol. The van der Waals surface area contributed by atoms with Gasteiger partial charge < -0.3 is 5.11 Å². The van der Waals surface area contributed by atoms with Gasteiger partial charge in [0.2, 0.25) is 0 Å². The standard InChI is InChI=1S/C15H24O2/c1-12-8-10(15(4,17)11(16)9-12)13(2)6-5-7-14(12,13)3/h10,17H,5-9H2,1-4H3/t10-,12-,13-,14+,15-/m0/s1. The molecule has 1 N–H and O–H groups in total. The predicted molar refractivity (Wildman–Crippen MR) is 66.5 cm³/mol. The summed E-state index contributed by atoms with van der Waals surface area (Å²) in [5, 5.41) is 10.6. The molecule has 5 atom stereocenters. The normalized spacial score (nSPS) is 61.7. The van der Waals surface area contributed by atoms with Crippen LogP contribution in [0.4, 0.5) is 0 Å². The Morgan fingerprint density at radius 2 is 1.82 bits per heavy atom. The third-order valence-electron chi connectivity index (χ3n) is 7.18. The van der Waals surface area contributed by atoms with E-state index in [1.807, 2.05) is 0 Å². The number of rotatable bonds is 0. The lowest BCUT2D eigenvalue weighted by Crippen LogP contribution is -2.50. The molecule has 0 aliphatic heterocycles. The van der Waals surface area contributed by atoms with Gasteiger partial charge in [0.15, 0.2) is 5.78 Å². The Kier molecular flexibility index (Phi) is 1.92. The first-order chi connectivity index (χ1) is 7.67. The first-order valence-electron chi connectivity index (χ1n) is 6.93. The number of carbonyl (C=O) groups is 1. The highest BCUT2D eigenvalue weighted by Gasteiger charge is 2.73. The quantitative estimate of drug-likeness (QED) is 0.702. The molecule has 0 unspecified atom stereocenters. The first-order valence-corrected chi connectivity index (χ1v) is 6.93. The van der Waals surface area contributed by atoms with Gasteiger partial charge in [-0.3, -0.25) is 4.79 Å². The average molecular weight is 236 g/mol. The van der Waals surface area contributed by atoms with Crippen molar-refractivity contribution in [3.8, 4) is 0 Å². The molecular formula is C15H24O2. The van der Waals surface area contributed by atoms with Crippen molar-refractivity contribution in [2.45, 2.75) is 65.4 Å². The molecule has 17 heavy (non-hydrogen) atoms. The van der Waals surface area contributed by atoms with E-state index in [0.717, 1.165) is 6.42 Å². The summed E-state index contributed by atoms with van der Waals surface area (Å²) in [4.78, 5) is 12.2. The molecule has 0 spiro atoms. The van der Waals surface area contributed by atoms with E-state index in [4.69, 9.17) is 0 Å². The van der Waals surface area contributed by atoms with Gasteiger partial charge in [-0.1, -0.05) is 27.2 Å². The second-order valence-corrected chi connectivity index (χ2v) is 7.67. The minimum atomic E-state index is -1.09. The molecule has 3 rings (SSSR count). The van der Waals surface area contributed by atoms with E-state index in [0.29, 0.717) is 6.42 Å². The molecule has 3 fully saturated rings. The van der Waals surface area contributed by atoms with Crippen molar-refractivity contribution in [3.63, 3.8) is 0 Å². The number of ketones is 1. The maximum absolute atomic E-state index is 12.2. The molecule has 0 aromatic carbocycles. The smallest absolute Gasteiger partial charge is 0.164 e. The Morgan fingerprint density at radius 3 is 2.47 bits per heavy atom. The molecule has 3 aliphatic carbocycles. The third kappa shape index (κ3) is 1.01. The Bertz CT molecular complexity index is 400. The van der Waals surface area contributed by atoms with Crippen LogP contribution in [0.2, 0.25) is 0 Å². The molecule has 0 radical (unpaired) electrons. The molecule has 2 nitrogen and oxygen atoms in total. The van der Waals surface area contributed by atoms with Crippen molar-refractivity contribution in [2.75, 3.05) is 0 Å². The molecule has 0 saturated heterocycles. The molecule has 0 amide bonds. The molecule has 0 heterocycles. The van der Waals surface area contributed by atoms with E-state index in [2.05, 4.69) is 20.8 Å². The minimum Gasteiger partial charge on any atom is -0.382 e. The number of hydrogen-bond acceptors (Lipinski definition) is 2. The zero-order valence-corrected chi connectivity index (χ0v) is 11.5. The number of Topliss-reactive ketones (excluding diaryl/α,β-unsaturated/α-hetero) is 1. The van der Waals surface area contributed by atoms with Gasteiger partial charge in [-0.2, -0.15) is 0 Å². The van der Waals surface area contributed by atoms with Crippen LogP contribution >= 0.6 is 0 Å². The van der Waals surface area contributed by atoms with Gasteiger partial charge in [-0.05, 0) is 42.4 Å². The molecular weight excluding hydrogens is 212 g/mol. The molecule has 0 aromatic heterocycles. The minimum absolute atomic E-state index is 0.0769. The Balaban J connectivity index is 2.20. The third-order valence-corrected chi connectivity index (χ3v) is 7.18. The fraction of sp³-hybridized carbons (Fsp3) is 0.933. The van der Waals surface area contributed by atoms with Gasteiger partial charge in [-0.25, -0.2) is 0 Å². The van der Waals surface area contributed by atoms with Crippen molar-refractivity contribution in [2.24, 2.45) is 22.2 Å². The zero-order chi connectivity index (χ0) is 12.7. The highest BCUT2D eigenvalue weighted by molar-refractivity contribution is 5.89. The molecule has 3 saturated carbocycles. The zero-order valence-electron chi connectivity index (χ0n) is 11.5. The lowest BCUT2D eigenvalue weighted by molar-refractivity contribution is -0.151. The van der Waals surface area contributed by atoms with Crippen molar-refractivity contribution < 1.29 is 9.90 Å². The van der Waals surface area contributed by atoms with E-state index in [-0.39, 0.29) is 27.9 Å². The van der Waals surface area contributed by atoms with Crippen molar-refractivity contribution in [1.82, 2.24) is 0 Å². The summed E-state index contributed by atoms with van der Waals surface area (Å²) in [6.45, 7) is 8.73. The fourth-order valence-electron chi connectivity index (χ4n) is 5.64. The highest BCUT2D eigenvalue weighted by Crippen LogP contribution is 2.77. The maximum Gasteiger partial charge on any atom is 0.164 e. The molecule has 2 heteroatoms. The van der Waals surface area contributed by atoms with E-state index < -0.39 is 5.60 Å². The van der Waals surface area contributed by atoms with E-state index in [1.165, 1.54) is 19.3 Å². The summed E-state index contributed by atoms with van der Waals surface area (Å²) in [5.41, 5.74) is -0.586. The number of hydrogen-bond donors (Lipinski definition) is 1. The van der Waals surface area contributed by atoms with Crippen LogP contribution in [0.25, 0.3) is 0 Å². The lowest BCUT2D eigenvalue weighted by atomic mass is 9.59.